The van der Waals surface area contributed by atoms with Gasteiger partial charge in [-0.1, -0.05) is 6.42 Å². The highest BCUT2D eigenvalue weighted by Gasteiger charge is 2.40. The monoisotopic (exact) mass is 440 g/mol. The lowest BCUT2D eigenvalue weighted by molar-refractivity contribution is -0.159. The summed E-state index contributed by atoms with van der Waals surface area (Å²) in [7, 11) is 0. The van der Waals surface area contributed by atoms with Crippen molar-refractivity contribution in [3.63, 3.8) is 0 Å². The zero-order chi connectivity index (χ0) is 17.8. The first kappa shape index (κ1) is 20.5. The van der Waals surface area contributed by atoms with Crippen LogP contribution in [0.25, 0.3) is 0 Å². The summed E-state index contributed by atoms with van der Waals surface area (Å²) < 4.78 is 14.0. The van der Waals surface area contributed by atoms with E-state index < -0.39 is 29.3 Å². The summed E-state index contributed by atoms with van der Waals surface area (Å²) in [5.74, 6) is -0.416. The van der Waals surface area contributed by atoms with Gasteiger partial charge in [0.15, 0.2) is 0 Å². The van der Waals surface area contributed by atoms with E-state index >= 15 is 0 Å². The molecule has 1 saturated carbocycles. The normalized spacial score (nSPS) is 23.3. The van der Waals surface area contributed by atoms with E-state index in [0.29, 0.717) is 0 Å². The lowest BCUT2D eigenvalue weighted by atomic mass is 9.94. The van der Waals surface area contributed by atoms with Gasteiger partial charge in [-0.2, -0.15) is 0 Å². The third kappa shape index (κ3) is 7.24. The Morgan fingerprint density at radius 2 is 1.61 bits per heavy atom. The first-order chi connectivity index (χ1) is 10.4. The van der Waals surface area contributed by atoms with Gasteiger partial charge in [0, 0.05) is 34.8 Å². The standard InChI is InChI=1S/C16H29IN2O4/c1-15(2,3)22-13(20)12(10-8-7-9-11(10)19-17)18-14(21)23-16(4,5)6/h10-12,19H,7-9H2,1-6H3,(H,18,21)/t10-,11+,12+/m0/s1. The van der Waals surface area contributed by atoms with Gasteiger partial charge >= 0.3 is 12.1 Å². The minimum atomic E-state index is -0.709. The summed E-state index contributed by atoms with van der Waals surface area (Å²) in [4.78, 5) is 24.7. The zero-order valence-electron chi connectivity index (χ0n) is 14.9. The number of carbonyl (C=O) groups excluding carboxylic acids is 2. The van der Waals surface area contributed by atoms with Crippen molar-refractivity contribution in [3.8, 4) is 0 Å². The van der Waals surface area contributed by atoms with Crippen LogP contribution in [0, 0.1) is 5.92 Å². The van der Waals surface area contributed by atoms with Gasteiger partial charge in [-0.05, 0) is 54.4 Å². The number of esters is 1. The van der Waals surface area contributed by atoms with Crippen molar-refractivity contribution in [1.82, 2.24) is 8.85 Å². The molecule has 0 aromatic carbocycles. The highest BCUT2D eigenvalue weighted by Crippen LogP contribution is 2.30. The quantitative estimate of drug-likeness (QED) is 0.399. The molecule has 134 valence electrons. The summed E-state index contributed by atoms with van der Waals surface area (Å²) in [6, 6.07) is -0.540. The van der Waals surface area contributed by atoms with E-state index in [1.165, 1.54) is 0 Å². The van der Waals surface area contributed by atoms with Crippen LogP contribution in [0.1, 0.15) is 60.8 Å². The van der Waals surface area contributed by atoms with Crippen molar-refractivity contribution in [2.45, 2.75) is 84.1 Å². The van der Waals surface area contributed by atoms with Gasteiger partial charge in [0.25, 0.3) is 0 Å². The Hall–Kier alpha value is -0.570. The fourth-order valence-electron chi connectivity index (χ4n) is 2.66. The van der Waals surface area contributed by atoms with Gasteiger partial charge in [-0.3, -0.25) is 3.53 Å². The number of amides is 1. The molecule has 0 heterocycles. The zero-order valence-corrected chi connectivity index (χ0v) is 17.0. The van der Waals surface area contributed by atoms with Gasteiger partial charge < -0.3 is 14.8 Å². The van der Waals surface area contributed by atoms with Crippen LogP contribution in [0.15, 0.2) is 0 Å². The topological polar surface area (TPSA) is 76.7 Å². The third-order valence-electron chi connectivity index (χ3n) is 3.47. The molecule has 0 saturated heterocycles. The van der Waals surface area contributed by atoms with Crippen LogP contribution in [0.4, 0.5) is 4.79 Å². The molecule has 1 fully saturated rings. The van der Waals surface area contributed by atoms with E-state index in [4.69, 9.17) is 9.47 Å². The molecule has 1 rings (SSSR count). The molecule has 0 unspecified atom stereocenters. The fraction of sp³-hybridized carbons (Fsp3) is 0.875. The molecule has 0 spiro atoms. The van der Waals surface area contributed by atoms with Gasteiger partial charge in [-0.25, -0.2) is 9.59 Å². The van der Waals surface area contributed by atoms with E-state index in [-0.39, 0.29) is 12.0 Å². The molecule has 1 aliphatic rings. The summed E-state index contributed by atoms with van der Waals surface area (Å²) >= 11 is 2.10. The molecule has 0 radical (unpaired) electrons. The van der Waals surface area contributed by atoms with E-state index in [1.54, 1.807) is 20.8 Å². The number of rotatable bonds is 4. The van der Waals surface area contributed by atoms with Crippen molar-refractivity contribution in [3.05, 3.63) is 0 Å². The SMILES string of the molecule is CC(C)(C)OC(=O)N[C@@H](C(=O)OC(C)(C)C)[C@H]1CCC[C@H]1NI. The van der Waals surface area contributed by atoms with Crippen molar-refractivity contribution >= 4 is 34.9 Å². The molecular weight excluding hydrogens is 411 g/mol. The summed E-state index contributed by atoms with van der Waals surface area (Å²) in [6.07, 6.45) is 2.26. The predicted octanol–water partition coefficient (Wildman–Crippen LogP) is 3.33. The Morgan fingerprint density at radius 1 is 1.04 bits per heavy atom. The summed E-state index contributed by atoms with van der Waals surface area (Å²) in [5.41, 5.74) is -1.21. The van der Waals surface area contributed by atoms with E-state index in [0.717, 1.165) is 19.3 Å². The maximum Gasteiger partial charge on any atom is 0.408 e. The maximum atomic E-state index is 12.6. The number of nitrogens with one attached hydrogen (secondary N) is 2. The molecule has 1 aliphatic carbocycles. The average molecular weight is 440 g/mol. The van der Waals surface area contributed by atoms with Crippen molar-refractivity contribution in [1.29, 1.82) is 0 Å². The Labute approximate surface area is 152 Å². The lowest BCUT2D eigenvalue weighted by Gasteiger charge is -2.31. The van der Waals surface area contributed by atoms with Gasteiger partial charge in [0.05, 0.1) is 0 Å². The number of halogens is 1. The molecule has 1 amide bonds. The molecule has 0 bridgehead atoms. The summed E-state index contributed by atoms with van der Waals surface area (Å²) in [6.45, 7) is 10.8. The maximum absolute atomic E-state index is 12.6. The number of hydrogen-bond donors (Lipinski definition) is 2. The number of carbonyl (C=O) groups is 2. The highest BCUT2D eigenvalue weighted by atomic mass is 127. The lowest BCUT2D eigenvalue weighted by Crippen LogP contribution is -2.52. The van der Waals surface area contributed by atoms with Crippen LogP contribution in [-0.2, 0) is 14.3 Å². The van der Waals surface area contributed by atoms with Crippen molar-refractivity contribution in [2.24, 2.45) is 5.92 Å². The second kappa shape index (κ2) is 8.00. The fourth-order valence-corrected chi connectivity index (χ4v) is 3.44. The molecule has 23 heavy (non-hydrogen) atoms. The Morgan fingerprint density at radius 3 is 2.09 bits per heavy atom. The van der Waals surface area contributed by atoms with E-state index in [9.17, 15) is 9.59 Å². The second-order valence-corrected chi connectivity index (χ2v) is 8.59. The molecule has 3 atom stereocenters. The molecule has 0 aliphatic heterocycles. The second-order valence-electron chi connectivity index (χ2n) is 7.97. The molecule has 7 heteroatoms. The first-order valence-corrected chi connectivity index (χ1v) is 9.09. The minimum Gasteiger partial charge on any atom is -0.458 e. The molecular formula is C16H29IN2O4. The number of hydrogen-bond acceptors (Lipinski definition) is 5. The smallest absolute Gasteiger partial charge is 0.408 e. The van der Waals surface area contributed by atoms with Gasteiger partial charge in [0.2, 0.25) is 0 Å². The van der Waals surface area contributed by atoms with E-state index in [2.05, 4.69) is 31.7 Å². The molecule has 2 N–H and O–H groups in total. The van der Waals surface area contributed by atoms with Gasteiger partial charge in [-0.15, -0.1) is 0 Å². The first-order valence-electron chi connectivity index (χ1n) is 8.01. The van der Waals surface area contributed by atoms with Crippen LogP contribution in [0.3, 0.4) is 0 Å². The van der Waals surface area contributed by atoms with Crippen LogP contribution in [-0.4, -0.2) is 35.3 Å². The van der Waals surface area contributed by atoms with E-state index in [1.807, 2.05) is 20.8 Å². The molecule has 0 aromatic rings. The minimum absolute atomic E-state index is 0.00531. The third-order valence-corrected chi connectivity index (χ3v) is 4.27. The Bertz CT molecular complexity index is 429. The van der Waals surface area contributed by atoms with Crippen molar-refractivity contribution < 1.29 is 19.1 Å². The highest BCUT2D eigenvalue weighted by molar-refractivity contribution is 14.1. The van der Waals surface area contributed by atoms with Gasteiger partial charge in [0.1, 0.15) is 17.2 Å². The van der Waals surface area contributed by atoms with Crippen LogP contribution in [0.2, 0.25) is 0 Å². The largest absolute Gasteiger partial charge is 0.458 e. The molecule has 6 nitrogen and oxygen atoms in total. The molecule has 0 aromatic heterocycles. The Balaban J connectivity index is 2.88. The number of alkyl carbamates (subject to hydrolysis) is 1. The van der Waals surface area contributed by atoms with Crippen LogP contribution in [0.5, 0.6) is 0 Å². The number of ether oxygens (including phenoxy) is 2. The average Bonchev–Trinajstić information content (AvgIpc) is 2.79. The Kier molecular flexibility index (Phi) is 7.12. The predicted molar refractivity (Wildman–Crippen MR) is 97.3 cm³/mol. The van der Waals surface area contributed by atoms with Crippen LogP contribution >= 0.6 is 22.9 Å². The van der Waals surface area contributed by atoms with Crippen molar-refractivity contribution in [2.75, 3.05) is 0 Å². The summed E-state index contributed by atoms with van der Waals surface area (Å²) in [5, 5.41) is 2.72. The van der Waals surface area contributed by atoms with Crippen LogP contribution < -0.4 is 8.85 Å².